The Kier molecular flexibility index (Phi) is 1.89. The number of rotatable bonds is 2. The van der Waals surface area contributed by atoms with E-state index in [2.05, 4.69) is 16.9 Å². The molecular weight excluding hydrogens is 128 g/mol. The van der Waals surface area contributed by atoms with Crippen LogP contribution in [-0.2, 0) is 0 Å². The Labute approximate surface area is 58.4 Å². The summed E-state index contributed by atoms with van der Waals surface area (Å²) in [7, 11) is 0. The number of pyridine rings is 1. The lowest BCUT2D eigenvalue weighted by molar-refractivity contribution is 1.24. The van der Waals surface area contributed by atoms with Crippen molar-refractivity contribution in [1.29, 1.82) is 0 Å². The number of H-pyrrole nitrogens is 1. The number of hydrogen-bond donors (Lipinski definition) is 2. The lowest BCUT2D eigenvalue weighted by atomic mass is 10.4. The zero-order valence-electron chi connectivity index (χ0n) is 5.42. The van der Waals surface area contributed by atoms with Crippen LogP contribution in [0.15, 0.2) is 35.9 Å². The molecule has 0 aliphatic heterocycles. The third kappa shape index (κ3) is 1.25. The molecule has 0 fully saturated rings. The lowest BCUT2D eigenvalue weighted by Gasteiger charge is -1.94. The summed E-state index contributed by atoms with van der Waals surface area (Å²) in [5.41, 5.74) is 0.375. The van der Waals surface area contributed by atoms with Gasteiger partial charge in [0, 0.05) is 6.20 Å². The molecule has 2 N–H and O–H groups in total. The number of anilines is 1. The molecule has 0 atom stereocenters. The van der Waals surface area contributed by atoms with Crippen LogP contribution in [0.2, 0.25) is 0 Å². The van der Waals surface area contributed by atoms with Crippen LogP contribution in [0.1, 0.15) is 0 Å². The number of nitrogens with one attached hydrogen (secondary N) is 2. The van der Waals surface area contributed by atoms with E-state index in [9.17, 15) is 4.79 Å². The monoisotopic (exact) mass is 136 g/mol. The Morgan fingerprint density at radius 2 is 2.50 bits per heavy atom. The molecule has 0 aliphatic carbocycles. The summed E-state index contributed by atoms with van der Waals surface area (Å²) < 4.78 is 0. The predicted octanol–water partition coefficient (Wildman–Crippen LogP) is 0.930. The van der Waals surface area contributed by atoms with E-state index in [4.69, 9.17) is 0 Å². The van der Waals surface area contributed by atoms with Crippen LogP contribution < -0.4 is 10.9 Å². The molecule has 0 aromatic carbocycles. The highest BCUT2D eigenvalue weighted by Gasteiger charge is 1.90. The van der Waals surface area contributed by atoms with Gasteiger partial charge in [0.15, 0.2) is 0 Å². The summed E-state index contributed by atoms with van der Waals surface area (Å²) in [6, 6.07) is 3.42. The average Bonchev–Trinajstić information content (AvgIpc) is 1.94. The zero-order chi connectivity index (χ0) is 7.40. The molecule has 1 heterocycles. The Bertz CT molecular complexity index is 277. The SMILES string of the molecule is C=CNc1ccc[nH]c1=O. The summed E-state index contributed by atoms with van der Waals surface area (Å²) in [4.78, 5) is 13.4. The van der Waals surface area contributed by atoms with Gasteiger partial charge in [0.1, 0.15) is 5.69 Å². The smallest absolute Gasteiger partial charge is 0.271 e. The first-order valence-electron chi connectivity index (χ1n) is 2.90. The van der Waals surface area contributed by atoms with Crippen LogP contribution in [0.4, 0.5) is 5.69 Å². The van der Waals surface area contributed by atoms with E-state index in [1.807, 2.05) is 0 Å². The maximum Gasteiger partial charge on any atom is 0.271 e. The third-order valence-electron chi connectivity index (χ3n) is 1.08. The van der Waals surface area contributed by atoms with Gasteiger partial charge in [-0.3, -0.25) is 4.79 Å². The van der Waals surface area contributed by atoms with Gasteiger partial charge in [-0.25, -0.2) is 0 Å². The van der Waals surface area contributed by atoms with Gasteiger partial charge in [-0.05, 0) is 18.3 Å². The molecule has 0 spiro atoms. The second kappa shape index (κ2) is 2.87. The van der Waals surface area contributed by atoms with Crippen molar-refractivity contribution in [2.24, 2.45) is 0 Å². The molecule has 1 aromatic rings. The van der Waals surface area contributed by atoms with Crippen molar-refractivity contribution in [2.75, 3.05) is 5.32 Å². The van der Waals surface area contributed by atoms with Gasteiger partial charge in [-0.2, -0.15) is 0 Å². The molecule has 1 rings (SSSR count). The van der Waals surface area contributed by atoms with Crippen molar-refractivity contribution in [3.63, 3.8) is 0 Å². The van der Waals surface area contributed by atoms with Crippen LogP contribution in [-0.4, -0.2) is 4.98 Å². The largest absolute Gasteiger partial charge is 0.358 e. The molecule has 52 valence electrons. The predicted molar refractivity (Wildman–Crippen MR) is 40.9 cm³/mol. The van der Waals surface area contributed by atoms with E-state index in [0.29, 0.717) is 5.69 Å². The molecule has 0 saturated carbocycles. The first-order chi connectivity index (χ1) is 4.84. The van der Waals surface area contributed by atoms with Gasteiger partial charge in [0.2, 0.25) is 0 Å². The number of aromatic nitrogens is 1. The highest BCUT2D eigenvalue weighted by molar-refractivity contribution is 5.41. The molecule has 0 amide bonds. The van der Waals surface area contributed by atoms with Crippen molar-refractivity contribution in [2.45, 2.75) is 0 Å². The molecule has 0 radical (unpaired) electrons. The molecule has 0 saturated heterocycles. The highest BCUT2D eigenvalue weighted by Crippen LogP contribution is 1.93. The summed E-state index contributed by atoms with van der Waals surface area (Å²) in [6.07, 6.45) is 3.04. The van der Waals surface area contributed by atoms with E-state index in [0.717, 1.165) is 0 Å². The van der Waals surface area contributed by atoms with Crippen LogP contribution in [0, 0.1) is 0 Å². The Morgan fingerprint density at radius 1 is 1.70 bits per heavy atom. The molecule has 3 heteroatoms. The van der Waals surface area contributed by atoms with Gasteiger partial charge < -0.3 is 10.3 Å². The van der Waals surface area contributed by atoms with Crippen molar-refractivity contribution < 1.29 is 0 Å². The topological polar surface area (TPSA) is 44.9 Å². The summed E-state index contributed by atoms with van der Waals surface area (Å²) >= 11 is 0. The number of aromatic amines is 1. The maximum absolute atomic E-state index is 10.8. The normalized spacial score (nSPS) is 8.80. The van der Waals surface area contributed by atoms with E-state index in [1.54, 1.807) is 18.3 Å². The Balaban J connectivity index is 3.03. The molecule has 0 aliphatic rings. The second-order valence-electron chi connectivity index (χ2n) is 1.76. The van der Waals surface area contributed by atoms with E-state index in [-0.39, 0.29) is 5.56 Å². The molecular formula is C7H8N2O. The minimum Gasteiger partial charge on any atom is -0.358 e. The van der Waals surface area contributed by atoms with Crippen LogP contribution in [0.3, 0.4) is 0 Å². The van der Waals surface area contributed by atoms with E-state index in [1.165, 1.54) is 6.20 Å². The zero-order valence-corrected chi connectivity index (χ0v) is 5.42. The van der Waals surface area contributed by atoms with E-state index < -0.39 is 0 Å². The van der Waals surface area contributed by atoms with E-state index >= 15 is 0 Å². The van der Waals surface area contributed by atoms with Gasteiger partial charge in [-0.1, -0.05) is 6.58 Å². The molecule has 10 heavy (non-hydrogen) atoms. The summed E-state index contributed by atoms with van der Waals surface area (Å²) in [6.45, 7) is 3.43. The Hall–Kier alpha value is -1.51. The molecule has 1 aromatic heterocycles. The fraction of sp³-hybridized carbons (Fsp3) is 0. The van der Waals surface area contributed by atoms with Gasteiger partial charge in [0.05, 0.1) is 0 Å². The third-order valence-corrected chi connectivity index (χ3v) is 1.08. The summed E-state index contributed by atoms with van der Waals surface area (Å²) in [5, 5.41) is 2.70. The molecule has 0 bridgehead atoms. The first kappa shape index (κ1) is 6.61. The van der Waals surface area contributed by atoms with Gasteiger partial charge >= 0.3 is 0 Å². The average molecular weight is 136 g/mol. The summed E-state index contributed by atoms with van der Waals surface area (Å²) in [5.74, 6) is 0. The minimum atomic E-state index is -0.137. The van der Waals surface area contributed by atoms with Crippen molar-refractivity contribution in [3.05, 3.63) is 41.5 Å². The molecule has 0 unspecified atom stereocenters. The van der Waals surface area contributed by atoms with Crippen LogP contribution in [0.25, 0.3) is 0 Å². The standard InChI is InChI=1S/C7H8N2O/c1-2-8-6-4-3-5-9-7(6)10/h2-5,8H,1H2,(H,9,10). The fourth-order valence-electron chi connectivity index (χ4n) is 0.645. The van der Waals surface area contributed by atoms with Crippen molar-refractivity contribution in [1.82, 2.24) is 4.98 Å². The van der Waals surface area contributed by atoms with Crippen LogP contribution >= 0.6 is 0 Å². The van der Waals surface area contributed by atoms with Crippen molar-refractivity contribution in [3.8, 4) is 0 Å². The number of hydrogen-bond acceptors (Lipinski definition) is 2. The quantitative estimate of drug-likeness (QED) is 0.635. The van der Waals surface area contributed by atoms with Gasteiger partial charge in [-0.15, -0.1) is 0 Å². The van der Waals surface area contributed by atoms with Crippen LogP contribution in [0.5, 0.6) is 0 Å². The first-order valence-corrected chi connectivity index (χ1v) is 2.90. The minimum absolute atomic E-state index is 0.137. The highest BCUT2D eigenvalue weighted by atomic mass is 16.1. The maximum atomic E-state index is 10.8. The lowest BCUT2D eigenvalue weighted by Crippen LogP contribution is -2.08. The fourth-order valence-corrected chi connectivity index (χ4v) is 0.645. The second-order valence-corrected chi connectivity index (χ2v) is 1.76. The Morgan fingerprint density at radius 3 is 3.10 bits per heavy atom. The van der Waals surface area contributed by atoms with Gasteiger partial charge in [0.25, 0.3) is 5.56 Å². The molecule has 3 nitrogen and oxygen atoms in total. The van der Waals surface area contributed by atoms with Crippen molar-refractivity contribution >= 4 is 5.69 Å².